The molecular formula is C32H43N15O10. The molecule has 0 bridgehead atoms. The fourth-order valence-electron chi connectivity index (χ4n) is 6.93. The summed E-state index contributed by atoms with van der Waals surface area (Å²) in [4.78, 5) is 92.0. The average molecular weight is 798 g/mol. The van der Waals surface area contributed by atoms with E-state index in [9.17, 15) is 39.4 Å². The van der Waals surface area contributed by atoms with Gasteiger partial charge in [-0.05, 0) is 26.3 Å². The summed E-state index contributed by atoms with van der Waals surface area (Å²) >= 11 is 0. The first-order valence-corrected chi connectivity index (χ1v) is 17.9. The Morgan fingerprint density at radius 1 is 0.719 bits per heavy atom. The fourth-order valence-corrected chi connectivity index (χ4v) is 6.93. The maximum absolute atomic E-state index is 12.8. The van der Waals surface area contributed by atoms with Gasteiger partial charge in [-0.2, -0.15) is 0 Å². The lowest BCUT2D eigenvalue weighted by molar-refractivity contribution is -0.0282. The quantitative estimate of drug-likeness (QED) is 0.0309. The molecule has 3 aliphatic heterocycles. The van der Waals surface area contributed by atoms with Gasteiger partial charge in [0.25, 0.3) is 16.7 Å². The molecule has 3 fully saturated rings. The fraction of sp³-hybridized carbons (Fsp3) is 0.562. The van der Waals surface area contributed by atoms with E-state index in [-0.39, 0.29) is 55.4 Å². The van der Waals surface area contributed by atoms with Gasteiger partial charge in [-0.15, -0.1) is 0 Å². The van der Waals surface area contributed by atoms with E-state index < -0.39 is 95.5 Å². The first-order valence-electron chi connectivity index (χ1n) is 17.9. The number of aromatic nitrogens is 6. The van der Waals surface area contributed by atoms with E-state index in [2.05, 4.69) is 45.6 Å². The number of aliphatic imine (C=N–C) groups is 2. The van der Waals surface area contributed by atoms with E-state index in [0.717, 1.165) is 0 Å². The van der Waals surface area contributed by atoms with Gasteiger partial charge in [0.15, 0.2) is 11.9 Å². The summed E-state index contributed by atoms with van der Waals surface area (Å²) in [6.45, 7) is 4.04. The molecule has 3 aromatic rings. The molecule has 57 heavy (non-hydrogen) atoms. The number of aliphatic hydroxyl groups is 1. The van der Waals surface area contributed by atoms with Crippen molar-refractivity contribution in [1.29, 1.82) is 0 Å². The summed E-state index contributed by atoms with van der Waals surface area (Å²) in [5.41, 5.74) is 19.0. The standard InChI is InChI=1S/C32H43N15O10/c1-13-9-45(30(52)40-25(13)49)22-4-16(38-28(33)37-8-20-18(43-44-35)6-24(56-20)47-11-15(3)27(51)42-32(47)54)19(55-22)7-36-29(34)39-17-5-23(57-21(17)12-48)46-10-14(2)26(50)41-31(46)53/h9-11,16-24,48H,4-8,12H2,1-3H3,(H3,33,37,38)(H3,34,36,39)(H,40,49,52)(H,41,50,53)(H,42,51,54)/t16-,17-,18-,19+,20+,21+,22+,23+,24+/m0/s1. The minimum atomic E-state index is -0.873. The van der Waals surface area contributed by atoms with Crippen LogP contribution in [-0.2, 0) is 14.2 Å². The Labute approximate surface area is 320 Å². The number of rotatable bonds is 11. The maximum Gasteiger partial charge on any atom is 0.330 e. The number of hydrogen-bond acceptors (Lipinski definition) is 13. The molecule has 0 aromatic carbocycles. The van der Waals surface area contributed by atoms with Crippen LogP contribution >= 0.6 is 0 Å². The molecule has 0 radical (unpaired) electrons. The van der Waals surface area contributed by atoms with Crippen molar-refractivity contribution in [3.8, 4) is 0 Å². The summed E-state index contributed by atoms with van der Waals surface area (Å²) in [6.07, 6.45) is -0.307. The van der Waals surface area contributed by atoms with Crippen LogP contribution in [0.3, 0.4) is 0 Å². The molecule has 0 aliphatic carbocycles. The normalized spacial score (nSPS) is 27.7. The molecule has 25 heteroatoms. The second-order valence-electron chi connectivity index (χ2n) is 13.9. The Balaban J connectivity index is 1.17. The molecule has 10 N–H and O–H groups in total. The van der Waals surface area contributed by atoms with Crippen molar-refractivity contribution in [1.82, 2.24) is 39.3 Å². The molecule has 0 saturated carbocycles. The van der Waals surface area contributed by atoms with Gasteiger partial charge in [0.2, 0.25) is 0 Å². The summed E-state index contributed by atoms with van der Waals surface area (Å²) in [5, 5.41) is 19.9. The molecule has 6 rings (SSSR count). The largest absolute Gasteiger partial charge is 0.394 e. The molecule has 3 aliphatic rings. The highest BCUT2D eigenvalue weighted by molar-refractivity contribution is 5.79. The Hall–Kier alpha value is -6.27. The second-order valence-corrected chi connectivity index (χ2v) is 13.9. The highest BCUT2D eigenvalue weighted by Crippen LogP contribution is 2.31. The number of H-pyrrole nitrogens is 3. The smallest absolute Gasteiger partial charge is 0.330 e. The van der Waals surface area contributed by atoms with Gasteiger partial charge >= 0.3 is 17.1 Å². The van der Waals surface area contributed by atoms with Crippen LogP contribution in [0.5, 0.6) is 0 Å². The molecule has 0 amide bonds. The van der Waals surface area contributed by atoms with E-state index in [1.54, 1.807) is 6.92 Å². The van der Waals surface area contributed by atoms with Gasteiger partial charge in [0, 0.05) is 59.5 Å². The minimum absolute atomic E-state index is 0.0500. The van der Waals surface area contributed by atoms with E-state index >= 15 is 0 Å². The molecular weight excluding hydrogens is 754 g/mol. The topological polar surface area (TPSA) is 362 Å². The number of hydrogen-bond donors (Lipinski definition) is 8. The molecule has 25 nitrogen and oxygen atoms in total. The van der Waals surface area contributed by atoms with E-state index in [4.69, 9.17) is 25.7 Å². The van der Waals surface area contributed by atoms with Crippen molar-refractivity contribution < 1.29 is 19.3 Å². The number of aryl methyl sites for hydroxylation is 3. The van der Waals surface area contributed by atoms with Crippen molar-refractivity contribution >= 4 is 11.9 Å². The maximum atomic E-state index is 12.8. The molecule has 6 heterocycles. The third kappa shape index (κ3) is 8.92. The number of nitrogens with one attached hydrogen (secondary N) is 5. The van der Waals surface area contributed by atoms with Crippen molar-refractivity contribution in [2.24, 2.45) is 26.6 Å². The van der Waals surface area contributed by atoms with Gasteiger partial charge in [0.1, 0.15) is 30.9 Å². The number of ether oxygens (including phenoxy) is 3. The van der Waals surface area contributed by atoms with Crippen LogP contribution in [-0.4, -0.2) is 102 Å². The van der Waals surface area contributed by atoms with Gasteiger partial charge in [0.05, 0.1) is 43.9 Å². The zero-order chi connectivity index (χ0) is 41.1. The van der Waals surface area contributed by atoms with Crippen LogP contribution in [0, 0.1) is 20.8 Å². The molecule has 9 atom stereocenters. The Bertz CT molecular complexity index is 2460. The lowest BCUT2D eigenvalue weighted by atomic mass is 10.1. The van der Waals surface area contributed by atoms with Crippen LogP contribution in [0.1, 0.15) is 54.6 Å². The van der Waals surface area contributed by atoms with Gasteiger partial charge < -0.3 is 41.4 Å². The van der Waals surface area contributed by atoms with Gasteiger partial charge in [-0.25, -0.2) is 14.4 Å². The third-order valence-corrected chi connectivity index (χ3v) is 9.97. The van der Waals surface area contributed by atoms with Crippen molar-refractivity contribution in [3.05, 3.63) is 108 Å². The van der Waals surface area contributed by atoms with Crippen LogP contribution < -0.4 is 55.8 Å². The number of aliphatic hydroxyl groups excluding tert-OH is 1. The molecule has 306 valence electrons. The average Bonchev–Trinajstić information content (AvgIpc) is 3.88. The predicted octanol–water partition coefficient (Wildman–Crippen LogP) is -3.36. The Morgan fingerprint density at radius 3 is 1.54 bits per heavy atom. The van der Waals surface area contributed by atoms with Crippen molar-refractivity contribution in [2.45, 2.75) is 95.2 Å². The first-order chi connectivity index (χ1) is 27.1. The predicted molar refractivity (Wildman–Crippen MR) is 201 cm³/mol. The monoisotopic (exact) mass is 797 g/mol. The second kappa shape index (κ2) is 16.8. The third-order valence-electron chi connectivity index (χ3n) is 9.97. The molecule has 0 unspecified atom stereocenters. The number of aromatic amines is 3. The number of nitrogens with zero attached hydrogens (tertiary/aromatic N) is 8. The number of azide groups is 1. The van der Waals surface area contributed by atoms with Gasteiger partial charge in [-0.1, -0.05) is 5.11 Å². The highest BCUT2D eigenvalue weighted by atomic mass is 16.5. The summed E-state index contributed by atoms with van der Waals surface area (Å²) < 4.78 is 21.8. The zero-order valence-electron chi connectivity index (χ0n) is 31.0. The Morgan fingerprint density at radius 2 is 1.11 bits per heavy atom. The minimum Gasteiger partial charge on any atom is -0.394 e. The summed E-state index contributed by atoms with van der Waals surface area (Å²) in [7, 11) is 0. The number of guanidine groups is 2. The summed E-state index contributed by atoms with van der Waals surface area (Å²) in [5.74, 6) is -0.114. The lowest BCUT2D eigenvalue weighted by Crippen LogP contribution is -2.47. The van der Waals surface area contributed by atoms with E-state index in [0.29, 0.717) is 5.56 Å². The lowest BCUT2D eigenvalue weighted by Gasteiger charge is -2.21. The Kier molecular flexibility index (Phi) is 11.9. The van der Waals surface area contributed by atoms with Gasteiger partial charge in [-0.3, -0.25) is 53.0 Å². The highest BCUT2D eigenvalue weighted by Gasteiger charge is 2.40. The van der Waals surface area contributed by atoms with E-state index in [1.165, 1.54) is 46.1 Å². The molecule has 0 spiro atoms. The number of nitrogens with two attached hydrogens (primary N) is 2. The van der Waals surface area contributed by atoms with Crippen molar-refractivity contribution in [3.63, 3.8) is 0 Å². The van der Waals surface area contributed by atoms with Crippen LogP contribution in [0.15, 0.2) is 62.5 Å². The van der Waals surface area contributed by atoms with E-state index in [1.807, 2.05) is 0 Å². The van der Waals surface area contributed by atoms with Crippen LogP contribution in [0.25, 0.3) is 10.4 Å². The van der Waals surface area contributed by atoms with Crippen LogP contribution in [0.2, 0.25) is 0 Å². The first kappa shape index (κ1) is 40.4. The molecule has 3 saturated heterocycles. The SMILES string of the molecule is Cc1cn([C@H]2C[C@H](N=[N+]=[N-])[C@@H](CN=C(N)N[C@H]3C[C@H](n4cc(C)c(=O)[nH]c4=O)O[C@@H]3CN=C(N)N[C@H]3C[C@H](n4cc(C)c(=O)[nH]c4=O)O[C@@H]3CO)O2)c(=O)[nH]c1=O. The van der Waals surface area contributed by atoms with Crippen LogP contribution in [0.4, 0.5) is 0 Å². The molecule has 3 aromatic heterocycles. The van der Waals surface area contributed by atoms with Crippen molar-refractivity contribution in [2.75, 3.05) is 19.7 Å². The summed E-state index contributed by atoms with van der Waals surface area (Å²) in [6, 6.07) is -1.93. The zero-order valence-corrected chi connectivity index (χ0v) is 31.0.